The molecular weight excluding hydrogens is 362 g/mol. The fourth-order valence-electron chi connectivity index (χ4n) is 2.87. The summed E-state index contributed by atoms with van der Waals surface area (Å²) in [7, 11) is 0. The maximum atomic E-state index is 12.5. The van der Waals surface area contributed by atoms with Gasteiger partial charge in [0.15, 0.2) is 18.8 Å². The molecule has 8 heteroatoms. The normalized spacial score (nSPS) is 12.9. The lowest BCUT2D eigenvalue weighted by Gasteiger charge is -2.28. The molecule has 1 aliphatic rings. The quantitative estimate of drug-likeness (QED) is 0.701. The maximum Gasteiger partial charge on any atom is 0.338 e. The van der Waals surface area contributed by atoms with Gasteiger partial charge in [-0.3, -0.25) is 14.5 Å². The first-order chi connectivity index (χ1) is 13.6. The van der Waals surface area contributed by atoms with E-state index in [1.165, 1.54) is 11.3 Å². The summed E-state index contributed by atoms with van der Waals surface area (Å²) in [5.74, 6) is -0.834. The van der Waals surface area contributed by atoms with Gasteiger partial charge in [-0.1, -0.05) is 24.3 Å². The molecule has 2 aromatic carbocycles. The van der Waals surface area contributed by atoms with Crippen LogP contribution in [0.3, 0.4) is 0 Å². The van der Waals surface area contributed by atoms with Gasteiger partial charge < -0.3 is 14.5 Å². The number of fused-ring (bicyclic) bond motifs is 1. The summed E-state index contributed by atoms with van der Waals surface area (Å²) in [5.41, 5.74) is 2.18. The molecule has 0 atom stereocenters. The Bertz CT molecular complexity index is 1030. The molecule has 2 heterocycles. The third-order valence-electron chi connectivity index (χ3n) is 4.24. The van der Waals surface area contributed by atoms with Crippen LogP contribution in [-0.4, -0.2) is 35.9 Å². The number of amides is 2. The largest absolute Gasteiger partial charge is 0.452 e. The minimum absolute atomic E-state index is 0.126. The molecule has 1 aromatic heterocycles. The Kier molecular flexibility index (Phi) is 4.59. The average molecular weight is 377 g/mol. The number of ether oxygens (including phenoxy) is 1. The molecular formula is C20H15N3O5. The topological polar surface area (TPSA) is 102 Å². The fourth-order valence-corrected chi connectivity index (χ4v) is 2.87. The summed E-state index contributed by atoms with van der Waals surface area (Å²) in [5, 5.41) is 2.70. The molecule has 0 aliphatic carbocycles. The van der Waals surface area contributed by atoms with Crippen LogP contribution in [0.5, 0.6) is 0 Å². The molecule has 3 aromatic rings. The third kappa shape index (κ3) is 3.48. The highest BCUT2D eigenvalue weighted by molar-refractivity contribution is 6.10. The Balaban J connectivity index is 1.41. The van der Waals surface area contributed by atoms with Crippen molar-refractivity contribution in [3.63, 3.8) is 0 Å². The van der Waals surface area contributed by atoms with Crippen LogP contribution in [-0.2, 0) is 14.3 Å². The van der Waals surface area contributed by atoms with E-state index in [9.17, 15) is 14.4 Å². The van der Waals surface area contributed by atoms with Gasteiger partial charge in [-0.2, -0.15) is 0 Å². The zero-order valence-electron chi connectivity index (χ0n) is 14.6. The molecule has 0 unspecified atom stereocenters. The summed E-state index contributed by atoms with van der Waals surface area (Å²) in [4.78, 5) is 41.7. The number of hydrogen-bond acceptors (Lipinski definition) is 6. The van der Waals surface area contributed by atoms with Crippen LogP contribution in [0, 0.1) is 0 Å². The SMILES string of the molecule is O=C1CN(C(=O)COC(=O)c2ccc(-c3cnco3)cc2)c2ccccc2N1. The van der Waals surface area contributed by atoms with E-state index in [2.05, 4.69) is 10.3 Å². The van der Waals surface area contributed by atoms with Crippen molar-refractivity contribution in [2.24, 2.45) is 0 Å². The second-order valence-corrected chi connectivity index (χ2v) is 6.06. The standard InChI is InChI=1S/C20H15N3O5/c24-18-10-23(16-4-2-1-3-15(16)22-18)19(25)11-27-20(26)14-7-5-13(6-8-14)17-9-21-12-28-17/h1-9,12H,10-11H2,(H,22,24). The predicted octanol–water partition coefficient (Wildman–Crippen LogP) is 2.48. The Morgan fingerprint density at radius 2 is 1.93 bits per heavy atom. The summed E-state index contributed by atoms with van der Waals surface area (Å²) < 4.78 is 10.3. The number of carbonyl (C=O) groups is 3. The van der Waals surface area contributed by atoms with Crippen molar-refractivity contribution in [1.29, 1.82) is 0 Å². The summed E-state index contributed by atoms with van der Waals surface area (Å²) in [6.45, 7) is -0.594. The minimum atomic E-state index is -0.632. The lowest BCUT2D eigenvalue weighted by molar-refractivity contribution is -0.124. The summed E-state index contributed by atoms with van der Waals surface area (Å²) in [6.07, 6.45) is 2.89. The van der Waals surface area contributed by atoms with Crippen LogP contribution in [0.15, 0.2) is 65.5 Å². The van der Waals surface area contributed by atoms with E-state index >= 15 is 0 Å². The molecule has 0 radical (unpaired) electrons. The molecule has 1 aliphatic heterocycles. The van der Waals surface area contributed by atoms with Crippen molar-refractivity contribution in [2.75, 3.05) is 23.4 Å². The number of hydrogen-bond donors (Lipinski definition) is 1. The first-order valence-corrected chi connectivity index (χ1v) is 8.47. The van der Waals surface area contributed by atoms with Crippen molar-refractivity contribution in [2.45, 2.75) is 0 Å². The summed E-state index contributed by atoms with van der Waals surface area (Å²) in [6, 6.07) is 13.5. The molecule has 0 bridgehead atoms. The second-order valence-electron chi connectivity index (χ2n) is 6.06. The van der Waals surface area contributed by atoms with E-state index in [0.29, 0.717) is 22.7 Å². The van der Waals surface area contributed by atoms with Crippen molar-refractivity contribution in [1.82, 2.24) is 4.98 Å². The molecule has 28 heavy (non-hydrogen) atoms. The molecule has 0 saturated carbocycles. The van der Waals surface area contributed by atoms with Gasteiger partial charge in [-0.05, 0) is 24.3 Å². The molecule has 2 amide bonds. The van der Waals surface area contributed by atoms with Gasteiger partial charge in [0.1, 0.15) is 6.54 Å². The highest BCUT2D eigenvalue weighted by Crippen LogP contribution is 2.28. The van der Waals surface area contributed by atoms with Crippen LogP contribution in [0.4, 0.5) is 11.4 Å². The number of anilines is 2. The Labute approximate surface area is 159 Å². The lowest BCUT2D eigenvalue weighted by Crippen LogP contribution is -2.44. The van der Waals surface area contributed by atoms with Crippen LogP contribution >= 0.6 is 0 Å². The number of esters is 1. The van der Waals surface area contributed by atoms with E-state index in [1.807, 2.05) is 0 Å². The molecule has 4 rings (SSSR count). The number of rotatable bonds is 4. The predicted molar refractivity (Wildman–Crippen MR) is 99.6 cm³/mol. The lowest BCUT2D eigenvalue weighted by atomic mass is 10.1. The van der Waals surface area contributed by atoms with Crippen LogP contribution < -0.4 is 10.2 Å². The van der Waals surface area contributed by atoms with Crippen molar-refractivity contribution < 1.29 is 23.5 Å². The van der Waals surface area contributed by atoms with Crippen molar-refractivity contribution in [3.8, 4) is 11.3 Å². The number of nitrogens with zero attached hydrogens (tertiary/aromatic N) is 2. The smallest absolute Gasteiger partial charge is 0.338 e. The second kappa shape index (κ2) is 7.36. The van der Waals surface area contributed by atoms with E-state index in [4.69, 9.17) is 9.15 Å². The van der Waals surface area contributed by atoms with Crippen molar-refractivity contribution in [3.05, 3.63) is 66.7 Å². The number of nitrogens with one attached hydrogen (secondary N) is 1. The number of para-hydroxylation sites is 2. The van der Waals surface area contributed by atoms with Crippen molar-refractivity contribution >= 4 is 29.2 Å². The maximum absolute atomic E-state index is 12.5. The van der Waals surface area contributed by atoms with Gasteiger partial charge >= 0.3 is 5.97 Å². The number of oxazole rings is 1. The highest BCUT2D eigenvalue weighted by Gasteiger charge is 2.27. The van der Waals surface area contributed by atoms with Gasteiger partial charge in [-0.25, -0.2) is 9.78 Å². The number of carbonyl (C=O) groups excluding carboxylic acids is 3. The van der Waals surface area contributed by atoms with Gasteiger partial charge in [0, 0.05) is 5.56 Å². The monoisotopic (exact) mass is 377 g/mol. The zero-order valence-corrected chi connectivity index (χ0v) is 14.6. The van der Waals surface area contributed by atoms with E-state index < -0.39 is 18.5 Å². The first kappa shape index (κ1) is 17.5. The Morgan fingerprint density at radius 1 is 1.14 bits per heavy atom. The fraction of sp³-hybridized carbons (Fsp3) is 0.100. The number of benzene rings is 2. The average Bonchev–Trinajstić information content (AvgIpc) is 3.26. The van der Waals surface area contributed by atoms with E-state index in [-0.39, 0.29) is 12.5 Å². The summed E-state index contributed by atoms with van der Waals surface area (Å²) >= 11 is 0. The number of aromatic nitrogens is 1. The first-order valence-electron chi connectivity index (χ1n) is 8.47. The van der Waals surface area contributed by atoms with Gasteiger partial charge in [0.2, 0.25) is 5.91 Å². The van der Waals surface area contributed by atoms with Gasteiger partial charge in [-0.15, -0.1) is 0 Å². The Morgan fingerprint density at radius 3 is 2.68 bits per heavy atom. The third-order valence-corrected chi connectivity index (χ3v) is 4.24. The molecule has 8 nitrogen and oxygen atoms in total. The van der Waals surface area contributed by atoms with E-state index in [0.717, 1.165) is 5.56 Å². The molecule has 140 valence electrons. The van der Waals surface area contributed by atoms with E-state index in [1.54, 1.807) is 54.7 Å². The molecule has 0 spiro atoms. The van der Waals surface area contributed by atoms with Gasteiger partial charge in [0.25, 0.3) is 5.91 Å². The molecule has 1 N–H and O–H groups in total. The van der Waals surface area contributed by atoms with Crippen LogP contribution in [0.2, 0.25) is 0 Å². The highest BCUT2D eigenvalue weighted by atomic mass is 16.5. The van der Waals surface area contributed by atoms with Gasteiger partial charge in [0.05, 0.1) is 23.1 Å². The van der Waals surface area contributed by atoms with Crippen LogP contribution in [0.1, 0.15) is 10.4 Å². The molecule has 0 fully saturated rings. The zero-order chi connectivity index (χ0) is 19.5. The Hall–Kier alpha value is -3.94. The minimum Gasteiger partial charge on any atom is -0.452 e. The molecule has 0 saturated heterocycles. The van der Waals surface area contributed by atoms with Crippen LogP contribution in [0.25, 0.3) is 11.3 Å².